The minimum Gasteiger partial charge on any atom is -0.497 e. The van der Waals surface area contributed by atoms with Gasteiger partial charge >= 0.3 is 0 Å². The highest BCUT2D eigenvalue weighted by Crippen LogP contribution is 2.22. The maximum absolute atomic E-state index is 12.4. The summed E-state index contributed by atoms with van der Waals surface area (Å²) in [6.07, 6.45) is 4.03. The van der Waals surface area contributed by atoms with E-state index in [1.807, 2.05) is 53.4 Å². The molecule has 34 heavy (non-hydrogen) atoms. The van der Waals surface area contributed by atoms with Gasteiger partial charge in [0.05, 0.1) is 32.4 Å². The fraction of sp³-hybridized carbons (Fsp3) is 0.292. The second kappa shape index (κ2) is 9.84. The van der Waals surface area contributed by atoms with Crippen molar-refractivity contribution in [3.8, 4) is 17.1 Å². The number of fused-ring (bicyclic) bond motifs is 1. The number of methoxy groups -OCH3 is 1. The first-order valence-corrected chi connectivity index (χ1v) is 11.0. The van der Waals surface area contributed by atoms with Gasteiger partial charge in [-0.2, -0.15) is 4.98 Å². The van der Waals surface area contributed by atoms with Crippen LogP contribution in [0.25, 0.3) is 34.6 Å². The van der Waals surface area contributed by atoms with Crippen LogP contribution in [0.5, 0.6) is 5.75 Å². The Morgan fingerprint density at radius 3 is 2.74 bits per heavy atom. The summed E-state index contributed by atoms with van der Waals surface area (Å²) < 4.78 is 17.6. The van der Waals surface area contributed by atoms with Crippen LogP contribution in [0.2, 0.25) is 0 Å². The van der Waals surface area contributed by atoms with E-state index < -0.39 is 0 Å². The molecule has 0 aliphatic carbocycles. The Kier molecular flexibility index (Phi) is 6.30. The predicted molar refractivity (Wildman–Crippen MR) is 125 cm³/mol. The lowest BCUT2D eigenvalue weighted by Crippen LogP contribution is -2.41. The molecule has 2 aromatic heterocycles. The summed E-state index contributed by atoms with van der Waals surface area (Å²) >= 11 is 0. The van der Waals surface area contributed by atoms with Crippen molar-refractivity contribution in [1.82, 2.24) is 30.0 Å². The highest BCUT2D eigenvalue weighted by Gasteiger charge is 2.17. The normalized spacial score (nSPS) is 14.2. The van der Waals surface area contributed by atoms with Crippen molar-refractivity contribution < 1.29 is 18.8 Å². The lowest BCUT2D eigenvalue weighted by atomic mass is 10.2. The van der Waals surface area contributed by atoms with Gasteiger partial charge in [-0.25, -0.2) is 4.68 Å². The molecule has 2 aromatic carbocycles. The van der Waals surface area contributed by atoms with Gasteiger partial charge in [-0.05, 0) is 42.0 Å². The number of benzene rings is 2. The molecule has 0 bridgehead atoms. The van der Waals surface area contributed by atoms with E-state index in [2.05, 4.69) is 20.5 Å². The number of nitrogens with zero attached hydrogens (tertiary/aromatic N) is 6. The smallest absolute Gasteiger partial charge is 0.250 e. The summed E-state index contributed by atoms with van der Waals surface area (Å²) in [6.45, 7) is 2.94. The molecule has 0 saturated carbocycles. The second-order valence-electron chi connectivity index (χ2n) is 7.82. The zero-order valence-corrected chi connectivity index (χ0v) is 18.8. The quantitative estimate of drug-likeness (QED) is 0.414. The molecule has 0 unspecified atom stereocenters. The number of carbonyl (C=O) groups excluding carboxylic acids is 1. The zero-order chi connectivity index (χ0) is 23.3. The molecule has 0 N–H and O–H groups in total. The number of carbonyl (C=O) groups is 1. The van der Waals surface area contributed by atoms with Gasteiger partial charge in [-0.1, -0.05) is 22.5 Å². The molecule has 5 rings (SSSR count). The molecule has 0 atom stereocenters. The fourth-order valence-electron chi connectivity index (χ4n) is 3.75. The highest BCUT2D eigenvalue weighted by atomic mass is 16.5. The molecular weight excluding hydrogens is 436 g/mol. The summed E-state index contributed by atoms with van der Waals surface area (Å²) in [7, 11) is 1.64. The average molecular weight is 460 g/mol. The van der Waals surface area contributed by atoms with Gasteiger partial charge in [0.15, 0.2) is 0 Å². The molecule has 4 aromatic rings. The number of aromatic nitrogens is 5. The van der Waals surface area contributed by atoms with Crippen LogP contribution in [0.15, 0.2) is 47.0 Å². The Labute approximate surface area is 195 Å². The van der Waals surface area contributed by atoms with E-state index >= 15 is 0 Å². The van der Waals surface area contributed by atoms with Crippen molar-refractivity contribution in [1.29, 1.82) is 0 Å². The van der Waals surface area contributed by atoms with Crippen molar-refractivity contribution in [2.45, 2.75) is 13.0 Å². The number of hydrogen-bond acceptors (Lipinski definition) is 8. The standard InChI is InChI=1S/C24H24N6O4/c1-32-19-6-2-17(3-7-19)4-9-22-25-24(27-34-22)18-5-8-21-20(16-18)26-28-30(21)11-10-23(31)29-12-14-33-15-13-29/h2-9,16H,10-15H2,1H3. The van der Waals surface area contributed by atoms with Gasteiger partial charge in [0.25, 0.3) is 5.89 Å². The zero-order valence-electron chi connectivity index (χ0n) is 18.8. The van der Waals surface area contributed by atoms with Crippen molar-refractivity contribution in [2.24, 2.45) is 0 Å². The SMILES string of the molecule is COc1ccc(C=Cc2nc(-c3ccc4c(c3)nnn4CCC(=O)N3CCOCC3)no2)cc1. The molecule has 1 aliphatic rings. The van der Waals surface area contributed by atoms with Crippen LogP contribution in [0.3, 0.4) is 0 Å². The van der Waals surface area contributed by atoms with Crippen LogP contribution < -0.4 is 4.74 Å². The highest BCUT2D eigenvalue weighted by molar-refractivity contribution is 5.80. The molecule has 0 spiro atoms. The molecule has 3 heterocycles. The van der Waals surface area contributed by atoms with Crippen molar-refractivity contribution in [2.75, 3.05) is 33.4 Å². The van der Waals surface area contributed by atoms with Gasteiger partial charge < -0.3 is 18.9 Å². The lowest BCUT2D eigenvalue weighted by molar-refractivity contribution is -0.135. The molecular formula is C24H24N6O4. The minimum atomic E-state index is 0.102. The van der Waals surface area contributed by atoms with Gasteiger partial charge in [0.1, 0.15) is 11.3 Å². The number of morpholine rings is 1. The second-order valence-corrected chi connectivity index (χ2v) is 7.82. The topological polar surface area (TPSA) is 108 Å². The Morgan fingerprint density at radius 2 is 1.94 bits per heavy atom. The molecule has 174 valence electrons. The molecule has 1 amide bonds. The van der Waals surface area contributed by atoms with Crippen LogP contribution in [-0.2, 0) is 16.1 Å². The Hall–Kier alpha value is -4.05. The van der Waals surface area contributed by atoms with E-state index in [0.29, 0.717) is 56.5 Å². The van der Waals surface area contributed by atoms with Gasteiger partial charge in [-0.3, -0.25) is 4.79 Å². The third-order valence-electron chi connectivity index (χ3n) is 5.65. The largest absolute Gasteiger partial charge is 0.497 e. The van der Waals surface area contributed by atoms with Crippen LogP contribution >= 0.6 is 0 Å². The summed E-state index contributed by atoms with van der Waals surface area (Å²) in [5.74, 6) is 1.77. The predicted octanol–water partition coefficient (Wildman–Crippen LogP) is 2.91. The molecule has 10 heteroatoms. The minimum absolute atomic E-state index is 0.102. The number of ether oxygens (including phenoxy) is 2. The maximum atomic E-state index is 12.4. The van der Waals surface area contributed by atoms with Crippen LogP contribution in [-0.4, -0.2) is 69.4 Å². The number of aryl methyl sites for hydroxylation is 1. The van der Waals surface area contributed by atoms with Gasteiger partial charge in [0.2, 0.25) is 11.7 Å². The first-order valence-electron chi connectivity index (χ1n) is 11.0. The van der Waals surface area contributed by atoms with Crippen LogP contribution in [0, 0.1) is 0 Å². The molecule has 1 saturated heterocycles. The summed E-state index contributed by atoms with van der Waals surface area (Å²) in [4.78, 5) is 18.7. The van der Waals surface area contributed by atoms with Crippen LogP contribution in [0.1, 0.15) is 17.9 Å². The van der Waals surface area contributed by atoms with Gasteiger partial charge in [0, 0.05) is 31.1 Å². The van der Waals surface area contributed by atoms with E-state index in [4.69, 9.17) is 14.0 Å². The van der Waals surface area contributed by atoms with Crippen molar-refractivity contribution >= 4 is 29.1 Å². The Bertz CT molecular complexity index is 1300. The van der Waals surface area contributed by atoms with E-state index in [9.17, 15) is 4.79 Å². The first kappa shape index (κ1) is 21.8. The van der Waals surface area contributed by atoms with E-state index in [1.54, 1.807) is 17.9 Å². The summed E-state index contributed by atoms with van der Waals surface area (Å²) in [5.41, 5.74) is 3.32. The number of amides is 1. The molecule has 1 aliphatic heterocycles. The average Bonchev–Trinajstić information content (AvgIpc) is 3.53. The summed E-state index contributed by atoms with van der Waals surface area (Å²) in [6, 6.07) is 13.3. The number of rotatable bonds is 7. The van der Waals surface area contributed by atoms with Gasteiger partial charge in [-0.15, -0.1) is 5.10 Å². The van der Waals surface area contributed by atoms with Crippen molar-refractivity contribution in [3.05, 3.63) is 53.9 Å². The first-order chi connectivity index (χ1) is 16.7. The monoisotopic (exact) mass is 460 g/mol. The van der Waals surface area contributed by atoms with Crippen LogP contribution in [0.4, 0.5) is 0 Å². The van der Waals surface area contributed by atoms with Crippen molar-refractivity contribution in [3.63, 3.8) is 0 Å². The molecule has 0 radical (unpaired) electrons. The van der Waals surface area contributed by atoms with E-state index in [0.717, 1.165) is 22.4 Å². The molecule has 1 fully saturated rings. The number of hydrogen-bond donors (Lipinski definition) is 0. The Balaban J connectivity index is 1.25. The van der Waals surface area contributed by atoms with E-state index in [-0.39, 0.29) is 5.91 Å². The lowest BCUT2D eigenvalue weighted by Gasteiger charge is -2.26. The maximum Gasteiger partial charge on any atom is 0.250 e. The fourth-order valence-corrected chi connectivity index (χ4v) is 3.75. The third-order valence-corrected chi connectivity index (χ3v) is 5.65. The molecule has 10 nitrogen and oxygen atoms in total. The summed E-state index contributed by atoms with van der Waals surface area (Å²) in [5, 5.41) is 12.5. The third kappa shape index (κ3) is 4.81. The Morgan fingerprint density at radius 1 is 1.12 bits per heavy atom. The van der Waals surface area contributed by atoms with E-state index in [1.165, 1.54) is 0 Å².